The fourth-order valence-electron chi connectivity index (χ4n) is 3.61. The van der Waals surface area contributed by atoms with E-state index in [0.717, 1.165) is 50.7 Å². The molecule has 2 aliphatic rings. The highest BCUT2D eigenvalue weighted by Crippen LogP contribution is 2.25. The maximum absolute atomic E-state index is 12.1. The number of aliphatic imine (C=N–C) groups is 1. The SMILES string of the molecule is CN=C(NCCS(=O)(=O)NCC1CCC1)N1CCN(c2ccc(OC)cc2)CC1. The second-order valence-corrected chi connectivity index (χ2v) is 9.54. The van der Waals surface area contributed by atoms with Crippen LogP contribution >= 0.6 is 0 Å². The first-order valence-electron chi connectivity index (χ1n) is 10.3. The topological polar surface area (TPSA) is 86.3 Å². The Bertz CT molecular complexity index is 770. The number of anilines is 1. The van der Waals surface area contributed by atoms with Crippen LogP contribution in [0.4, 0.5) is 5.69 Å². The van der Waals surface area contributed by atoms with E-state index < -0.39 is 10.0 Å². The van der Waals surface area contributed by atoms with Gasteiger partial charge in [-0.2, -0.15) is 0 Å². The predicted octanol–water partition coefficient (Wildman–Crippen LogP) is 1.11. The largest absolute Gasteiger partial charge is 0.497 e. The molecule has 9 heteroatoms. The molecule has 1 saturated carbocycles. The Morgan fingerprint density at radius 1 is 1.17 bits per heavy atom. The summed E-state index contributed by atoms with van der Waals surface area (Å²) in [5.74, 6) is 2.19. The van der Waals surface area contributed by atoms with Gasteiger partial charge in [0.25, 0.3) is 0 Å². The highest BCUT2D eigenvalue weighted by atomic mass is 32.2. The van der Waals surface area contributed by atoms with Gasteiger partial charge in [0, 0.05) is 52.0 Å². The van der Waals surface area contributed by atoms with E-state index >= 15 is 0 Å². The van der Waals surface area contributed by atoms with Crippen LogP contribution in [0.2, 0.25) is 0 Å². The molecule has 0 radical (unpaired) electrons. The first kappa shape index (κ1) is 21.7. The highest BCUT2D eigenvalue weighted by molar-refractivity contribution is 7.89. The van der Waals surface area contributed by atoms with Crippen LogP contribution in [0.1, 0.15) is 19.3 Å². The summed E-state index contributed by atoms with van der Waals surface area (Å²) in [6.07, 6.45) is 3.49. The molecule has 1 aromatic carbocycles. The summed E-state index contributed by atoms with van der Waals surface area (Å²) in [6, 6.07) is 8.09. The zero-order chi connectivity index (χ0) is 20.7. The first-order chi connectivity index (χ1) is 14.0. The molecule has 162 valence electrons. The van der Waals surface area contributed by atoms with Crippen molar-refractivity contribution in [2.75, 3.05) is 64.1 Å². The maximum Gasteiger partial charge on any atom is 0.213 e. The fraction of sp³-hybridized carbons (Fsp3) is 0.650. The van der Waals surface area contributed by atoms with Crippen molar-refractivity contribution < 1.29 is 13.2 Å². The van der Waals surface area contributed by atoms with Gasteiger partial charge in [0.05, 0.1) is 12.9 Å². The molecular weight excluding hydrogens is 390 g/mol. The molecular formula is C20H33N5O3S. The molecule has 1 saturated heterocycles. The lowest BCUT2D eigenvalue weighted by Crippen LogP contribution is -2.53. The molecule has 1 heterocycles. The Hall–Kier alpha value is -2.00. The van der Waals surface area contributed by atoms with E-state index in [1.54, 1.807) is 14.2 Å². The minimum absolute atomic E-state index is 0.0601. The lowest BCUT2D eigenvalue weighted by atomic mass is 9.86. The van der Waals surface area contributed by atoms with Crippen molar-refractivity contribution in [1.82, 2.24) is 14.9 Å². The van der Waals surface area contributed by atoms with Crippen molar-refractivity contribution in [2.24, 2.45) is 10.9 Å². The molecule has 2 N–H and O–H groups in total. The van der Waals surface area contributed by atoms with Gasteiger partial charge in [-0.1, -0.05) is 6.42 Å². The van der Waals surface area contributed by atoms with Crippen LogP contribution in [-0.4, -0.2) is 78.5 Å². The third kappa shape index (κ3) is 6.24. The van der Waals surface area contributed by atoms with Crippen LogP contribution in [0.15, 0.2) is 29.3 Å². The van der Waals surface area contributed by atoms with Crippen molar-refractivity contribution in [3.63, 3.8) is 0 Å². The second kappa shape index (κ2) is 10.2. The number of nitrogens with zero attached hydrogens (tertiary/aromatic N) is 3. The van der Waals surface area contributed by atoms with E-state index in [4.69, 9.17) is 4.74 Å². The summed E-state index contributed by atoms with van der Waals surface area (Å²) in [7, 11) is 0.164. The molecule has 2 fully saturated rings. The Morgan fingerprint density at radius 2 is 1.86 bits per heavy atom. The highest BCUT2D eigenvalue weighted by Gasteiger charge is 2.22. The van der Waals surface area contributed by atoms with Crippen LogP contribution < -0.4 is 19.7 Å². The number of methoxy groups -OCH3 is 1. The van der Waals surface area contributed by atoms with Crippen LogP contribution in [0.5, 0.6) is 5.75 Å². The van der Waals surface area contributed by atoms with Gasteiger partial charge in [-0.25, -0.2) is 13.1 Å². The number of hydrogen-bond donors (Lipinski definition) is 2. The Labute approximate surface area is 174 Å². The van der Waals surface area contributed by atoms with Crippen LogP contribution in [0, 0.1) is 5.92 Å². The maximum atomic E-state index is 12.1. The third-order valence-corrected chi connectivity index (χ3v) is 7.05. The predicted molar refractivity (Wildman–Crippen MR) is 117 cm³/mol. The molecule has 0 spiro atoms. The molecule has 0 atom stereocenters. The van der Waals surface area contributed by atoms with Crippen molar-refractivity contribution >= 4 is 21.7 Å². The molecule has 29 heavy (non-hydrogen) atoms. The van der Waals surface area contributed by atoms with Crippen molar-refractivity contribution in [3.05, 3.63) is 24.3 Å². The molecule has 1 aliphatic heterocycles. The van der Waals surface area contributed by atoms with Crippen LogP contribution in [0.3, 0.4) is 0 Å². The fourth-order valence-corrected chi connectivity index (χ4v) is 4.62. The number of rotatable bonds is 8. The van der Waals surface area contributed by atoms with Gasteiger partial charge in [-0.3, -0.25) is 4.99 Å². The Balaban J connectivity index is 1.41. The molecule has 1 aliphatic carbocycles. The number of nitrogens with one attached hydrogen (secondary N) is 2. The second-order valence-electron chi connectivity index (χ2n) is 7.61. The number of hydrogen-bond acceptors (Lipinski definition) is 5. The molecule has 0 amide bonds. The molecule has 8 nitrogen and oxygen atoms in total. The molecule has 1 aromatic rings. The van der Waals surface area contributed by atoms with Crippen molar-refractivity contribution in [2.45, 2.75) is 19.3 Å². The zero-order valence-electron chi connectivity index (χ0n) is 17.4. The standard InChI is InChI=1S/C20H33N5O3S/c1-21-20(22-10-15-29(26,27)23-16-17-4-3-5-17)25-13-11-24(12-14-25)18-6-8-19(28-2)9-7-18/h6-9,17,23H,3-5,10-16H2,1-2H3,(H,21,22). The normalized spacial score (nSPS) is 18.5. The average Bonchev–Trinajstić information content (AvgIpc) is 2.70. The average molecular weight is 424 g/mol. The number of sulfonamides is 1. The zero-order valence-corrected chi connectivity index (χ0v) is 18.2. The number of ether oxygens (including phenoxy) is 1. The van der Waals surface area contributed by atoms with Gasteiger partial charge < -0.3 is 19.9 Å². The number of guanidine groups is 1. The lowest BCUT2D eigenvalue weighted by molar-refractivity contribution is 0.316. The van der Waals surface area contributed by atoms with Gasteiger partial charge in [0.2, 0.25) is 10.0 Å². The summed E-state index contributed by atoms with van der Waals surface area (Å²) in [6.45, 7) is 4.36. The Kier molecular flexibility index (Phi) is 7.60. The van der Waals surface area contributed by atoms with Gasteiger partial charge in [0.15, 0.2) is 5.96 Å². The van der Waals surface area contributed by atoms with E-state index in [0.29, 0.717) is 19.0 Å². The van der Waals surface area contributed by atoms with Crippen molar-refractivity contribution in [3.8, 4) is 5.75 Å². The summed E-state index contributed by atoms with van der Waals surface area (Å²) >= 11 is 0. The summed E-state index contributed by atoms with van der Waals surface area (Å²) < 4.78 is 32.2. The monoisotopic (exact) mass is 423 g/mol. The molecule has 0 unspecified atom stereocenters. The molecule has 0 aromatic heterocycles. The molecule has 3 rings (SSSR count). The lowest BCUT2D eigenvalue weighted by Gasteiger charge is -2.37. The van der Waals surface area contributed by atoms with E-state index in [1.165, 1.54) is 12.1 Å². The Morgan fingerprint density at radius 3 is 2.41 bits per heavy atom. The van der Waals surface area contributed by atoms with Crippen LogP contribution in [-0.2, 0) is 10.0 Å². The van der Waals surface area contributed by atoms with Crippen molar-refractivity contribution in [1.29, 1.82) is 0 Å². The summed E-state index contributed by atoms with van der Waals surface area (Å²) in [5, 5.41) is 3.20. The van der Waals surface area contributed by atoms with Gasteiger partial charge >= 0.3 is 0 Å². The van der Waals surface area contributed by atoms with E-state index in [1.807, 2.05) is 12.1 Å². The quantitative estimate of drug-likeness (QED) is 0.481. The van der Waals surface area contributed by atoms with Crippen LogP contribution in [0.25, 0.3) is 0 Å². The summed E-state index contributed by atoms with van der Waals surface area (Å²) in [4.78, 5) is 8.84. The smallest absolute Gasteiger partial charge is 0.213 e. The van der Waals surface area contributed by atoms with E-state index in [9.17, 15) is 8.42 Å². The third-order valence-electron chi connectivity index (χ3n) is 5.70. The first-order valence-corrected chi connectivity index (χ1v) is 12.0. The van der Waals surface area contributed by atoms with Gasteiger partial charge in [-0.15, -0.1) is 0 Å². The number of piperazine rings is 1. The van der Waals surface area contributed by atoms with Gasteiger partial charge in [-0.05, 0) is 43.0 Å². The summed E-state index contributed by atoms with van der Waals surface area (Å²) in [5.41, 5.74) is 1.18. The van der Waals surface area contributed by atoms with Gasteiger partial charge in [0.1, 0.15) is 5.75 Å². The van der Waals surface area contributed by atoms with E-state index in [-0.39, 0.29) is 5.75 Å². The van der Waals surface area contributed by atoms with E-state index in [2.05, 4.69) is 37.0 Å². The minimum Gasteiger partial charge on any atom is -0.497 e. The molecule has 0 bridgehead atoms. The minimum atomic E-state index is -3.24. The number of benzene rings is 1.